The molecule has 0 radical (unpaired) electrons. The first kappa shape index (κ1) is 25.6. The van der Waals surface area contributed by atoms with Crippen molar-refractivity contribution in [1.29, 1.82) is 0 Å². The minimum atomic E-state index is -5.68. The van der Waals surface area contributed by atoms with Crippen molar-refractivity contribution < 1.29 is 56.3 Å². The first-order chi connectivity index (χ1) is 15.2. The maximum Gasteiger partial charge on any atom is 0.490 e. The summed E-state index contributed by atoms with van der Waals surface area (Å²) in [4.78, 5) is 50.0. The van der Waals surface area contributed by atoms with Crippen LogP contribution in [0.5, 0.6) is 0 Å². The van der Waals surface area contributed by atoms with Crippen molar-refractivity contribution in [2.75, 3.05) is 12.3 Å². The average molecular weight is 532 g/mol. The van der Waals surface area contributed by atoms with E-state index in [0.29, 0.717) is 0 Å². The molecule has 2 aromatic rings. The van der Waals surface area contributed by atoms with Crippen LogP contribution in [0, 0.1) is 0 Å². The fourth-order valence-electron chi connectivity index (χ4n) is 2.81. The van der Waals surface area contributed by atoms with Crippen LogP contribution in [0.1, 0.15) is 12.6 Å². The largest absolute Gasteiger partial charge is 0.490 e. The number of rotatable bonds is 9. The molecule has 2 aromatic heterocycles. The third-order valence-corrected chi connectivity index (χ3v) is 7.68. The number of aliphatic hydroxyl groups is 1. The molecule has 20 nitrogen and oxygen atoms in total. The molecule has 1 aliphatic heterocycles. The molecule has 0 bridgehead atoms. The molecule has 3 heterocycles. The summed E-state index contributed by atoms with van der Waals surface area (Å²) in [6.07, 6.45) is -2.83. The van der Waals surface area contributed by atoms with Gasteiger partial charge in [-0.1, -0.05) is 0 Å². The van der Waals surface area contributed by atoms with Crippen molar-refractivity contribution >= 4 is 46.4 Å². The molecule has 0 amide bonds. The Morgan fingerprint density at radius 2 is 1.94 bits per heavy atom. The summed E-state index contributed by atoms with van der Waals surface area (Å²) in [5.74, 6) is -0.331. The number of azide groups is 1. The number of ether oxygens (including phenoxy) is 1. The van der Waals surface area contributed by atoms with Crippen molar-refractivity contribution in [2.45, 2.75) is 24.9 Å². The predicted octanol–water partition coefficient (Wildman–Crippen LogP) is 0.342. The molecule has 3 rings (SSSR count). The van der Waals surface area contributed by atoms with E-state index in [9.17, 15) is 23.7 Å². The van der Waals surface area contributed by atoms with Crippen molar-refractivity contribution in [1.82, 2.24) is 19.5 Å². The standard InChI is InChI=1S/C10H15N8O12P3/c11-7-6-8(14-3-13-7)18(10(15-6)16-17-12)9-5(19)1-4(28-9)2-27-32(23,24)30-33(25,26)29-31(20,21)22/h3-5,9,19H,1-2H2,(H,23,24)(H,25,26)(H2,11,13,14)(H2,20,21,22)/t4-,5+,9+/m0/s1. The Hall–Kier alpha value is -2.01. The second-order valence-corrected chi connectivity index (χ2v) is 10.7. The maximum atomic E-state index is 11.8. The lowest BCUT2D eigenvalue weighted by atomic mass is 10.2. The van der Waals surface area contributed by atoms with E-state index in [2.05, 4.69) is 38.1 Å². The van der Waals surface area contributed by atoms with Gasteiger partial charge in [0, 0.05) is 11.3 Å². The fourth-order valence-corrected chi connectivity index (χ4v) is 5.86. The highest BCUT2D eigenvalue weighted by molar-refractivity contribution is 7.66. The van der Waals surface area contributed by atoms with Gasteiger partial charge in [0.15, 0.2) is 23.2 Å². The van der Waals surface area contributed by atoms with E-state index in [1.807, 2.05) is 0 Å². The number of nitrogens with two attached hydrogens (primary N) is 1. The van der Waals surface area contributed by atoms with Gasteiger partial charge in [-0.15, -0.1) is 0 Å². The number of anilines is 1. The molecule has 33 heavy (non-hydrogen) atoms. The molecular weight excluding hydrogens is 517 g/mol. The zero-order valence-corrected chi connectivity index (χ0v) is 18.6. The molecule has 0 spiro atoms. The van der Waals surface area contributed by atoms with Crippen LogP contribution in [0.2, 0.25) is 0 Å². The monoisotopic (exact) mass is 532 g/mol. The van der Waals surface area contributed by atoms with Gasteiger partial charge in [-0.3, -0.25) is 9.09 Å². The molecule has 0 saturated carbocycles. The molecule has 23 heteroatoms. The third-order valence-electron chi connectivity index (χ3n) is 3.88. The SMILES string of the molecule is [N-]=[N+]=Nc1nc2c(N)ncnc2n1[C@@H]1O[C@H](COP(=O)(O)OP(=O)(O)OP(=O)(O)O)C[C@H]1O. The van der Waals surface area contributed by atoms with Gasteiger partial charge in [0.25, 0.3) is 0 Å². The number of hydrogen-bond donors (Lipinski definition) is 6. The first-order valence-electron chi connectivity index (χ1n) is 8.37. The lowest BCUT2D eigenvalue weighted by molar-refractivity contribution is -0.0471. The number of phosphoric acid groups is 3. The van der Waals surface area contributed by atoms with Crippen molar-refractivity contribution in [3.05, 3.63) is 16.8 Å². The van der Waals surface area contributed by atoms with E-state index in [4.69, 9.17) is 30.7 Å². The lowest BCUT2D eigenvalue weighted by Gasteiger charge is -2.19. The van der Waals surface area contributed by atoms with Gasteiger partial charge in [0.05, 0.1) is 12.7 Å². The van der Waals surface area contributed by atoms with Gasteiger partial charge in [-0.2, -0.15) is 8.62 Å². The molecule has 0 aromatic carbocycles. The quantitative estimate of drug-likeness (QED) is 0.110. The highest BCUT2D eigenvalue weighted by Gasteiger charge is 2.43. The Labute approximate surface area is 182 Å². The predicted molar refractivity (Wildman–Crippen MR) is 103 cm³/mol. The number of fused-ring (bicyclic) bond motifs is 1. The Morgan fingerprint density at radius 3 is 2.58 bits per heavy atom. The third kappa shape index (κ3) is 6.32. The highest BCUT2D eigenvalue weighted by atomic mass is 31.3. The van der Waals surface area contributed by atoms with Crippen molar-refractivity contribution in [3.8, 4) is 0 Å². The summed E-state index contributed by atoms with van der Waals surface area (Å²) in [7, 11) is -16.6. The number of imidazole rings is 1. The molecule has 7 N–H and O–H groups in total. The fraction of sp³-hybridized carbons (Fsp3) is 0.500. The van der Waals surface area contributed by atoms with Crippen molar-refractivity contribution in [3.63, 3.8) is 0 Å². The Balaban J connectivity index is 1.75. The van der Waals surface area contributed by atoms with E-state index in [0.717, 1.165) is 10.9 Å². The highest BCUT2D eigenvalue weighted by Crippen LogP contribution is 2.66. The Kier molecular flexibility index (Phi) is 7.24. The van der Waals surface area contributed by atoms with Crippen LogP contribution in [-0.4, -0.2) is 63.0 Å². The van der Waals surface area contributed by atoms with Crippen LogP contribution in [-0.2, 0) is 31.6 Å². The van der Waals surface area contributed by atoms with Gasteiger partial charge in [-0.05, 0) is 10.6 Å². The molecule has 1 aliphatic rings. The van der Waals surface area contributed by atoms with Gasteiger partial charge in [0.2, 0.25) is 5.95 Å². The van der Waals surface area contributed by atoms with Crippen LogP contribution in [0.3, 0.4) is 0 Å². The Morgan fingerprint density at radius 1 is 1.24 bits per heavy atom. The van der Waals surface area contributed by atoms with Gasteiger partial charge in [0.1, 0.15) is 12.4 Å². The minimum absolute atomic E-state index is 0.0440. The van der Waals surface area contributed by atoms with E-state index in [1.165, 1.54) is 0 Å². The zero-order chi connectivity index (χ0) is 24.6. The Bertz CT molecular complexity index is 1240. The van der Waals surface area contributed by atoms with E-state index >= 15 is 0 Å². The van der Waals surface area contributed by atoms with Crippen LogP contribution in [0.4, 0.5) is 11.8 Å². The summed E-state index contributed by atoms with van der Waals surface area (Å²) in [6, 6.07) is 0. The normalized spacial score (nSPS) is 24.8. The smallest absolute Gasteiger partial charge is 0.388 e. The van der Waals surface area contributed by atoms with Gasteiger partial charge < -0.3 is 35.2 Å². The zero-order valence-electron chi connectivity index (χ0n) is 15.9. The molecule has 1 saturated heterocycles. The lowest BCUT2D eigenvalue weighted by Crippen LogP contribution is -2.20. The molecule has 0 aliphatic carbocycles. The molecule has 1 fully saturated rings. The average Bonchev–Trinajstić information content (AvgIpc) is 3.18. The number of aromatic nitrogens is 4. The summed E-state index contributed by atoms with van der Waals surface area (Å²) in [6.45, 7) is -0.794. The second kappa shape index (κ2) is 9.32. The van der Waals surface area contributed by atoms with Gasteiger partial charge >= 0.3 is 23.5 Å². The number of phosphoric ester groups is 1. The van der Waals surface area contributed by atoms with E-state index in [1.54, 1.807) is 0 Å². The molecule has 182 valence electrons. The van der Waals surface area contributed by atoms with Crippen LogP contribution < -0.4 is 5.73 Å². The number of nitrogen functional groups attached to an aromatic ring is 1. The summed E-state index contributed by atoms with van der Waals surface area (Å²) >= 11 is 0. The minimum Gasteiger partial charge on any atom is -0.388 e. The second-order valence-electron chi connectivity index (χ2n) is 6.24. The van der Waals surface area contributed by atoms with Crippen LogP contribution in [0.25, 0.3) is 21.6 Å². The summed E-state index contributed by atoms with van der Waals surface area (Å²) < 4.78 is 52.2. The molecular formula is C10H15N8O12P3. The van der Waals surface area contributed by atoms with Gasteiger partial charge in [-0.25, -0.2) is 28.6 Å². The number of hydrogen-bond acceptors (Lipinski definition) is 13. The van der Waals surface area contributed by atoms with Crippen LogP contribution in [0.15, 0.2) is 11.4 Å². The van der Waals surface area contributed by atoms with E-state index in [-0.39, 0.29) is 29.4 Å². The summed E-state index contributed by atoms with van der Waals surface area (Å²) in [5, 5.41) is 13.8. The first-order valence-corrected chi connectivity index (χ1v) is 12.9. The van der Waals surface area contributed by atoms with Crippen LogP contribution >= 0.6 is 23.5 Å². The topological polar surface area (TPSA) is 308 Å². The van der Waals surface area contributed by atoms with Crippen molar-refractivity contribution in [2.24, 2.45) is 5.11 Å². The molecule has 2 unspecified atom stereocenters. The maximum absolute atomic E-state index is 11.8. The number of nitrogens with zero attached hydrogens (tertiary/aromatic N) is 7. The molecule has 5 atom stereocenters. The van der Waals surface area contributed by atoms with E-state index < -0.39 is 48.5 Å². The summed E-state index contributed by atoms with van der Waals surface area (Å²) in [5.41, 5.74) is 14.6. The number of aliphatic hydroxyl groups excluding tert-OH is 1.